The van der Waals surface area contributed by atoms with E-state index in [0.29, 0.717) is 5.41 Å². The molecule has 114 valence electrons. The molecule has 3 heteroatoms. The molecule has 1 aromatic rings. The average molecular weight is 285 g/mol. The second-order valence-corrected chi connectivity index (χ2v) is 6.72. The molecule has 3 rings (SSSR count). The monoisotopic (exact) mass is 285 g/mol. The summed E-state index contributed by atoms with van der Waals surface area (Å²) in [7, 11) is 1.91. The van der Waals surface area contributed by atoms with Gasteiger partial charge in [0.1, 0.15) is 0 Å². The first kappa shape index (κ1) is 14.4. The number of guanidine groups is 1. The zero-order chi connectivity index (χ0) is 14.7. The molecule has 0 radical (unpaired) electrons. The van der Waals surface area contributed by atoms with Gasteiger partial charge in [0.05, 0.1) is 0 Å². The molecule has 1 heterocycles. The molecule has 0 aromatic heterocycles. The zero-order valence-electron chi connectivity index (χ0n) is 13.3. The van der Waals surface area contributed by atoms with Crippen molar-refractivity contribution in [2.45, 2.75) is 38.0 Å². The van der Waals surface area contributed by atoms with Gasteiger partial charge in [0.2, 0.25) is 0 Å². The zero-order valence-corrected chi connectivity index (χ0v) is 13.3. The number of nitrogens with one attached hydrogen (secondary N) is 1. The van der Waals surface area contributed by atoms with Crippen molar-refractivity contribution < 1.29 is 0 Å². The first-order valence-electron chi connectivity index (χ1n) is 8.25. The second kappa shape index (κ2) is 6.08. The third-order valence-electron chi connectivity index (χ3n) is 5.12. The predicted molar refractivity (Wildman–Crippen MR) is 88.7 cm³/mol. The van der Waals surface area contributed by atoms with E-state index in [1.54, 1.807) is 0 Å². The Morgan fingerprint density at radius 3 is 2.48 bits per heavy atom. The van der Waals surface area contributed by atoms with Crippen LogP contribution in [0.15, 0.2) is 35.3 Å². The molecule has 1 saturated heterocycles. The van der Waals surface area contributed by atoms with Gasteiger partial charge in [0, 0.05) is 32.1 Å². The van der Waals surface area contributed by atoms with E-state index >= 15 is 0 Å². The molecule has 1 saturated carbocycles. The minimum Gasteiger partial charge on any atom is -0.355 e. The molecule has 2 fully saturated rings. The normalized spacial score (nSPS) is 22.2. The van der Waals surface area contributed by atoms with Crippen LogP contribution in [0.2, 0.25) is 0 Å². The highest BCUT2D eigenvalue weighted by Gasteiger charge is 2.44. The van der Waals surface area contributed by atoms with E-state index in [9.17, 15) is 0 Å². The van der Waals surface area contributed by atoms with Crippen LogP contribution in [-0.2, 0) is 5.41 Å². The molecule has 0 amide bonds. The molecule has 1 aliphatic carbocycles. The minimum atomic E-state index is 0.347. The van der Waals surface area contributed by atoms with Crippen LogP contribution in [0.25, 0.3) is 0 Å². The number of likely N-dealkylation sites (tertiary alicyclic amines) is 1. The van der Waals surface area contributed by atoms with E-state index < -0.39 is 0 Å². The van der Waals surface area contributed by atoms with Crippen LogP contribution in [0.1, 0.15) is 38.2 Å². The fourth-order valence-electron chi connectivity index (χ4n) is 3.31. The average Bonchev–Trinajstić information content (AvgIpc) is 3.32. The fraction of sp³-hybridized carbons (Fsp3) is 0.611. The Balaban J connectivity index is 1.59. The van der Waals surface area contributed by atoms with Crippen molar-refractivity contribution in [3.8, 4) is 0 Å². The van der Waals surface area contributed by atoms with Crippen LogP contribution in [0, 0.1) is 5.92 Å². The summed E-state index contributed by atoms with van der Waals surface area (Å²) in [6.45, 7) is 5.64. The van der Waals surface area contributed by atoms with Crippen LogP contribution in [0.4, 0.5) is 0 Å². The van der Waals surface area contributed by atoms with Gasteiger partial charge in [0.15, 0.2) is 5.96 Å². The number of rotatable bonds is 3. The van der Waals surface area contributed by atoms with Crippen molar-refractivity contribution in [2.75, 3.05) is 26.7 Å². The molecule has 3 nitrogen and oxygen atoms in total. The van der Waals surface area contributed by atoms with Crippen molar-refractivity contribution in [1.29, 1.82) is 0 Å². The van der Waals surface area contributed by atoms with Gasteiger partial charge in [-0.25, -0.2) is 0 Å². The fourth-order valence-corrected chi connectivity index (χ4v) is 3.31. The van der Waals surface area contributed by atoms with Crippen molar-refractivity contribution in [2.24, 2.45) is 10.9 Å². The van der Waals surface area contributed by atoms with Crippen molar-refractivity contribution in [3.63, 3.8) is 0 Å². The van der Waals surface area contributed by atoms with Gasteiger partial charge in [-0.05, 0) is 37.2 Å². The summed E-state index contributed by atoms with van der Waals surface area (Å²) in [5, 5.41) is 3.63. The second-order valence-electron chi connectivity index (χ2n) is 6.72. The minimum absolute atomic E-state index is 0.347. The quantitative estimate of drug-likeness (QED) is 0.683. The maximum atomic E-state index is 4.49. The van der Waals surface area contributed by atoms with E-state index in [4.69, 9.17) is 0 Å². The lowest BCUT2D eigenvalue weighted by molar-refractivity contribution is 0.273. The Labute approximate surface area is 128 Å². The lowest BCUT2D eigenvalue weighted by Crippen LogP contribution is -2.47. The first-order valence-corrected chi connectivity index (χ1v) is 8.25. The molecule has 0 atom stereocenters. The summed E-state index contributed by atoms with van der Waals surface area (Å²) in [5.41, 5.74) is 1.82. The molecule has 1 aromatic carbocycles. The van der Waals surface area contributed by atoms with E-state index in [-0.39, 0.29) is 0 Å². The first-order chi connectivity index (χ1) is 10.2. The number of piperidine rings is 1. The number of hydrogen-bond donors (Lipinski definition) is 1. The Hall–Kier alpha value is -1.51. The summed E-state index contributed by atoms with van der Waals surface area (Å²) < 4.78 is 0. The van der Waals surface area contributed by atoms with Crippen LogP contribution in [0.3, 0.4) is 0 Å². The third-order valence-corrected chi connectivity index (χ3v) is 5.12. The molecule has 21 heavy (non-hydrogen) atoms. The predicted octanol–water partition coefficient (Wildman–Crippen LogP) is 3.03. The highest BCUT2D eigenvalue weighted by Crippen LogP contribution is 2.47. The molecule has 0 bridgehead atoms. The molecule has 1 N–H and O–H groups in total. The summed E-state index contributed by atoms with van der Waals surface area (Å²) in [5.74, 6) is 1.95. The summed E-state index contributed by atoms with van der Waals surface area (Å²) in [4.78, 5) is 6.91. The van der Waals surface area contributed by atoms with E-state index in [2.05, 4.69) is 52.5 Å². The van der Waals surface area contributed by atoms with Crippen LogP contribution in [0.5, 0.6) is 0 Å². The van der Waals surface area contributed by atoms with Crippen LogP contribution >= 0.6 is 0 Å². The van der Waals surface area contributed by atoms with Gasteiger partial charge in [0.25, 0.3) is 0 Å². The lowest BCUT2D eigenvalue weighted by Gasteiger charge is -2.33. The van der Waals surface area contributed by atoms with E-state index in [1.165, 1.54) is 31.2 Å². The number of nitrogens with zero attached hydrogens (tertiary/aromatic N) is 2. The Bertz CT molecular complexity index is 482. The summed E-state index contributed by atoms with van der Waals surface area (Å²) in [6.07, 6.45) is 5.14. The van der Waals surface area contributed by atoms with Gasteiger partial charge in [-0.15, -0.1) is 0 Å². The third kappa shape index (κ3) is 3.22. The van der Waals surface area contributed by atoms with E-state index in [0.717, 1.165) is 31.5 Å². The Kier molecular flexibility index (Phi) is 4.18. The lowest BCUT2D eigenvalue weighted by atomic mass is 9.96. The summed E-state index contributed by atoms with van der Waals surface area (Å²) in [6, 6.07) is 10.9. The SMILES string of the molecule is CN=C(NCC1(c2ccccc2)CC1)N1CCC(C)CC1. The van der Waals surface area contributed by atoms with Crippen molar-refractivity contribution in [1.82, 2.24) is 10.2 Å². The molecular weight excluding hydrogens is 258 g/mol. The number of benzene rings is 1. The Morgan fingerprint density at radius 2 is 1.90 bits per heavy atom. The standard InChI is InChI=1S/C18H27N3/c1-15-8-12-21(13-9-15)17(19-2)20-14-18(10-11-18)16-6-4-3-5-7-16/h3-7,15H,8-14H2,1-2H3,(H,19,20). The Morgan fingerprint density at radius 1 is 1.24 bits per heavy atom. The molecule has 1 aliphatic heterocycles. The van der Waals surface area contributed by atoms with Crippen molar-refractivity contribution in [3.05, 3.63) is 35.9 Å². The highest BCUT2D eigenvalue weighted by atomic mass is 15.3. The number of aliphatic imine (C=N–C) groups is 1. The van der Waals surface area contributed by atoms with Crippen molar-refractivity contribution >= 4 is 5.96 Å². The van der Waals surface area contributed by atoms with Crippen LogP contribution < -0.4 is 5.32 Å². The maximum Gasteiger partial charge on any atom is 0.193 e. The maximum absolute atomic E-state index is 4.49. The van der Waals surface area contributed by atoms with Gasteiger partial charge in [-0.2, -0.15) is 0 Å². The molecular formula is C18H27N3. The smallest absolute Gasteiger partial charge is 0.193 e. The van der Waals surface area contributed by atoms with E-state index in [1.807, 2.05) is 7.05 Å². The molecule has 2 aliphatic rings. The topological polar surface area (TPSA) is 27.6 Å². The molecule has 0 unspecified atom stereocenters. The number of hydrogen-bond acceptors (Lipinski definition) is 1. The van der Waals surface area contributed by atoms with Gasteiger partial charge in [-0.3, -0.25) is 4.99 Å². The largest absolute Gasteiger partial charge is 0.355 e. The summed E-state index contributed by atoms with van der Waals surface area (Å²) >= 11 is 0. The highest BCUT2D eigenvalue weighted by molar-refractivity contribution is 5.80. The van der Waals surface area contributed by atoms with Gasteiger partial charge in [-0.1, -0.05) is 37.3 Å². The van der Waals surface area contributed by atoms with Gasteiger partial charge >= 0.3 is 0 Å². The molecule has 0 spiro atoms. The van der Waals surface area contributed by atoms with Gasteiger partial charge < -0.3 is 10.2 Å². The van der Waals surface area contributed by atoms with Crippen LogP contribution in [-0.4, -0.2) is 37.5 Å².